The van der Waals surface area contributed by atoms with E-state index in [2.05, 4.69) is 16.7 Å². The Hall–Kier alpha value is -1.55. The van der Waals surface area contributed by atoms with Crippen LogP contribution in [0.3, 0.4) is 0 Å². The fraction of sp³-hybridized carbons (Fsp3) is 0.562. The van der Waals surface area contributed by atoms with Gasteiger partial charge < -0.3 is 15.4 Å². The van der Waals surface area contributed by atoms with Crippen molar-refractivity contribution < 1.29 is 9.53 Å². The molecule has 0 saturated carbocycles. The number of fused-ring (bicyclic) bond motifs is 1. The first-order valence-electron chi connectivity index (χ1n) is 7.40. The van der Waals surface area contributed by atoms with Crippen molar-refractivity contribution in [3.05, 3.63) is 29.3 Å². The number of carbonyl (C=O) groups is 1. The molecule has 0 aliphatic heterocycles. The number of hydrogen-bond acceptors (Lipinski definition) is 3. The average molecular weight is 276 g/mol. The molecule has 110 valence electrons. The van der Waals surface area contributed by atoms with Crippen LogP contribution in [0.2, 0.25) is 0 Å². The maximum atomic E-state index is 11.8. The summed E-state index contributed by atoms with van der Waals surface area (Å²) in [4.78, 5) is 11.8. The van der Waals surface area contributed by atoms with Crippen molar-refractivity contribution in [1.82, 2.24) is 10.6 Å². The number of benzene rings is 1. The predicted molar refractivity (Wildman–Crippen MR) is 80.0 cm³/mol. The second-order valence-corrected chi connectivity index (χ2v) is 5.21. The molecule has 4 nitrogen and oxygen atoms in total. The van der Waals surface area contributed by atoms with Crippen molar-refractivity contribution in [2.45, 2.75) is 45.3 Å². The third kappa shape index (κ3) is 3.12. The Morgan fingerprint density at radius 3 is 3.00 bits per heavy atom. The SMILES string of the molecule is CCNC(=O)C(C)Oc1cccc2c1CCCC2NC. The highest BCUT2D eigenvalue weighted by atomic mass is 16.5. The van der Waals surface area contributed by atoms with E-state index < -0.39 is 6.10 Å². The summed E-state index contributed by atoms with van der Waals surface area (Å²) < 4.78 is 5.88. The third-order valence-corrected chi connectivity index (χ3v) is 3.84. The molecule has 0 spiro atoms. The molecule has 0 bridgehead atoms. The Morgan fingerprint density at radius 2 is 2.30 bits per heavy atom. The van der Waals surface area contributed by atoms with Gasteiger partial charge >= 0.3 is 0 Å². The van der Waals surface area contributed by atoms with Gasteiger partial charge in [0.25, 0.3) is 5.91 Å². The van der Waals surface area contributed by atoms with Crippen LogP contribution in [-0.2, 0) is 11.2 Å². The first kappa shape index (κ1) is 14.9. The smallest absolute Gasteiger partial charge is 0.260 e. The number of carbonyl (C=O) groups excluding carboxylic acids is 1. The Balaban J connectivity index is 2.19. The Morgan fingerprint density at radius 1 is 1.50 bits per heavy atom. The van der Waals surface area contributed by atoms with E-state index in [1.54, 1.807) is 6.92 Å². The zero-order chi connectivity index (χ0) is 14.5. The van der Waals surface area contributed by atoms with Crippen LogP contribution in [-0.4, -0.2) is 25.6 Å². The predicted octanol–water partition coefficient (Wildman–Crippen LogP) is 2.19. The summed E-state index contributed by atoms with van der Waals surface area (Å²) in [6, 6.07) is 6.52. The molecule has 0 radical (unpaired) electrons. The number of rotatable bonds is 5. The van der Waals surface area contributed by atoms with Gasteiger partial charge in [0.1, 0.15) is 5.75 Å². The summed E-state index contributed by atoms with van der Waals surface area (Å²) in [5, 5.41) is 6.14. The Kier molecular flexibility index (Phi) is 5.01. The summed E-state index contributed by atoms with van der Waals surface area (Å²) >= 11 is 0. The zero-order valence-electron chi connectivity index (χ0n) is 12.5. The highest BCUT2D eigenvalue weighted by molar-refractivity contribution is 5.80. The van der Waals surface area contributed by atoms with Crippen LogP contribution >= 0.6 is 0 Å². The monoisotopic (exact) mass is 276 g/mol. The molecule has 1 aromatic rings. The Labute approximate surface area is 120 Å². The molecule has 2 rings (SSSR count). The fourth-order valence-corrected chi connectivity index (χ4v) is 2.79. The van der Waals surface area contributed by atoms with Crippen molar-refractivity contribution in [3.8, 4) is 5.75 Å². The molecule has 1 aliphatic rings. The van der Waals surface area contributed by atoms with Gasteiger partial charge in [-0.05, 0) is 57.4 Å². The maximum Gasteiger partial charge on any atom is 0.260 e. The fourth-order valence-electron chi connectivity index (χ4n) is 2.79. The molecular weight excluding hydrogens is 252 g/mol. The topological polar surface area (TPSA) is 50.4 Å². The van der Waals surface area contributed by atoms with E-state index >= 15 is 0 Å². The lowest BCUT2D eigenvalue weighted by Crippen LogP contribution is -2.36. The molecule has 4 heteroatoms. The van der Waals surface area contributed by atoms with Gasteiger partial charge in [-0.3, -0.25) is 4.79 Å². The van der Waals surface area contributed by atoms with E-state index in [9.17, 15) is 4.79 Å². The van der Waals surface area contributed by atoms with E-state index in [4.69, 9.17) is 4.74 Å². The van der Waals surface area contributed by atoms with Crippen molar-refractivity contribution in [2.75, 3.05) is 13.6 Å². The van der Waals surface area contributed by atoms with Crippen molar-refractivity contribution in [1.29, 1.82) is 0 Å². The molecule has 2 atom stereocenters. The molecule has 0 saturated heterocycles. The summed E-state index contributed by atoms with van der Waals surface area (Å²) in [6.45, 7) is 4.33. The van der Waals surface area contributed by atoms with E-state index in [0.29, 0.717) is 12.6 Å². The normalized spacial score (nSPS) is 19.1. The van der Waals surface area contributed by atoms with Gasteiger partial charge in [0.2, 0.25) is 0 Å². The summed E-state index contributed by atoms with van der Waals surface area (Å²) in [5.41, 5.74) is 2.55. The summed E-state index contributed by atoms with van der Waals surface area (Å²) in [7, 11) is 1.99. The summed E-state index contributed by atoms with van der Waals surface area (Å²) in [5.74, 6) is 0.785. The number of amides is 1. The first-order chi connectivity index (χ1) is 9.67. The zero-order valence-corrected chi connectivity index (χ0v) is 12.5. The van der Waals surface area contributed by atoms with Gasteiger partial charge in [-0.1, -0.05) is 12.1 Å². The highest BCUT2D eigenvalue weighted by Crippen LogP contribution is 2.35. The van der Waals surface area contributed by atoms with E-state index in [-0.39, 0.29) is 5.91 Å². The number of ether oxygens (including phenoxy) is 1. The lowest BCUT2D eigenvalue weighted by Gasteiger charge is -2.27. The van der Waals surface area contributed by atoms with Crippen LogP contribution in [0, 0.1) is 0 Å². The standard InChI is InChI=1S/C16H24N2O2/c1-4-18-16(19)11(2)20-15-10-6-7-12-13(15)8-5-9-14(12)17-3/h6-7,10-11,14,17H,4-5,8-9H2,1-3H3,(H,18,19). The molecule has 2 N–H and O–H groups in total. The molecular formula is C16H24N2O2. The van der Waals surface area contributed by atoms with Crippen LogP contribution in [0.25, 0.3) is 0 Å². The molecule has 0 aromatic heterocycles. The van der Waals surface area contributed by atoms with Gasteiger partial charge in [-0.2, -0.15) is 0 Å². The van der Waals surface area contributed by atoms with Gasteiger partial charge in [0.05, 0.1) is 0 Å². The number of likely N-dealkylation sites (N-methyl/N-ethyl adjacent to an activating group) is 1. The minimum Gasteiger partial charge on any atom is -0.481 e. The molecule has 2 unspecified atom stereocenters. The van der Waals surface area contributed by atoms with Gasteiger partial charge in [0.15, 0.2) is 6.10 Å². The van der Waals surface area contributed by atoms with Gasteiger partial charge in [-0.25, -0.2) is 0 Å². The minimum atomic E-state index is -0.462. The minimum absolute atomic E-state index is 0.0638. The quantitative estimate of drug-likeness (QED) is 0.866. The number of nitrogens with one attached hydrogen (secondary N) is 2. The van der Waals surface area contributed by atoms with Crippen LogP contribution in [0.4, 0.5) is 0 Å². The van der Waals surface area contributed by atoms with E-state index in [1.807, 2.05) is 26.1 Å². The lowest BCUT2D eigenvalue weighted by atomic mass is 9.87. The molecule has 0 fully saturated rings. The second-order valence-electron chi connectivity index (χ2n) is 5.21. The van der Waals surface area contributed by atoms with Crippen LogP contribution < -0.4 is 15.4 Å². The van der Waals surface area contributed by atoms with Crippen LogP contribution in [0.5, 0.6) is 5.75 Å². The first-order valence-corrected chi connectivity index (χ1v) is 7.40. The van der Waals surface area contributed by atoms with Gasteiger partial charge in [0, 0.05) is 12.6 Å². The van der Waals surface area contributed by atoms with Crippen molar-refractivity contribution in [2.24, 2.45) is 0 Å². The molecule has 1 aliphatic carbocycles. The largest absolute Gasteiger partial charge is 0.481 e. The molecule has 1 amide bonds. The maximum absolute atomic E-state index is 11.8. The third-order valence-electron chi connectivity index (χ3n) is 3.84. The average Bonchev–Trinajstić information content (AvgIpc) is 2.47. The molecule has 0 heterocycles. The lowest BCUT2D eigenvalue weighted by molar-refractivity contribution is -0.127. The molecule has 20 heavy (non-hydrogen) atoms. The Bertz CT molecular complexity index is 474. The van der Waals surface area contributed by atoms with E-state index in [1.165, 1.54) is 11.1 Å². The van der Waals surface area contributed by atoms with Gasteiger partial charge in [-0.15, -0.1) is 0 Å². The molecule has 1 aromatic carbocycles. The number of hydrogen-bond donors (Lipinski definition) is 2. The van der Waals surface area contributed by atoms with Crippen LogP contribution in [0.1, 0.15) is 43.9 Å². The van der Waals surface area contributed by atoms with Crippen molar-refractivity contribution >= 4 is 5.91 Å². The van der Waals surface area contributed by atoms with E-state index in [0.717, 1.165) is 25.0 Å². The van der Waals surface area contributed by atoms with Crippen molar-refractivity contribution in [3.63, 3.8) is 0 Å². The summed E-state index contributed by atoms with van der Waals surface area (Å²) in [6.07, 6.45) is 2.86. The second kappa shape index (κ2) is 6.75. The highest BCUT2D eigenvalue weighted by Gasteiger charge is 2.23. The van der Waals surface area contributed by atoms with Crippen LogP contribution in [0.15, 0.2) is 18.2 Å².